The molecule has 0 radical (unpaired) electrons. The minimum Gasteiger partial charge on any atom is -0.507 e. The van der Waals surface area contributed by atoms with E-state index >= 15 is 0 Å². The van der Waals surface area contributed by atoms with Gasteiger partial charge < -0.3 is 29.5 Å². The monoisotopic (exact) mass is 406 g/mol. The summed E-state index contributed by atoms with van der Waals surface area (Å²) in [5.74, 6) is 0.205. The van der Waals surface area contributed by atoms with Crippen LogP contribution in [0.3, 0.4) is 0 Å². The Labute approximate surface area is 171 Å². The van der Waals surface area contributed by atoms with Gasteiger partial charge in [0.25, 0.3) is 0 Å². The highest BCUT2D eigenvalue weighted by Crippen LogP contribution is 2.50. The molecule has 1 unspecified atom stereocenters. The molecule has 0 fully saturated rings. The standard InChI is InChI=1S/C22H18N2O6/c1-10-6-17(26)29-16-8-13(25)20-19(11-4-5-14(27-2)15(7-11)28-3)12(9-23)22(24)30-21(20)18(10)16/h4-8,19,25H,24H2,1-3H3. The molecule has 3 aromatic rings. The van der Waals surface area contributed by atoms with Crippen LogP contribution in [0.4, 0.5) is 0 Å². The summed E-state index contributed by atoms with van der Waals surface area (Å²) in [6, 6.07) is 9.93. The molecular formula is C22H18N2O6. The van der Waals surface area contributed by atoms with Gasteiger partial charge in [-0.2, -0.15) is 5.26 Å². The van der Waals surface area contributed by atoms with Crippen LogP contribution in [0.15, 0.2) is 51.0 Å². The Bertz CT molecular complexity index is 1320. The first-order valence-corrected chi connectivity index (χ1v) is 8.99. The largest absolute Gasteiger partial charge is 0.507 e. The van der Waals surface area contributed by atoms with E-state index < -0.39 is 11.5 Å². The number of rotatable bonds is 3. The fourth-order valence-corrected chi connectivity index (χ4v) is 3.80. The summed E-state index contributed by atoms with van der Waals surface area (Å²) >= 11 is 0. The summed E-state index contributed by atoms with van der Waals surface area (Å²) < 4.78 is 21.7. The molecule has 1 atom stereocenters. The fourth-order valence-electron chi connectivity index (χ4n) is 3.80. The predicted molar refractivity (Wildman–Crippen MR) is 108 cm³/mol. The molecule has 2 aromatic carbocycles. The van der Waals surface area contributed by atoms with Gasteiger partial charge in [-0.15, -0.1) is 0 Å². The number of ether oxygens (including phenoxy) is 3. The molecule has 1 aliphatic rings. The number of methoxy groups -OCH3 is 2. The van der Waals surface area contributed by atoms with Crippen molar-refractivity contribution >= 4 is 11.0 Å². The van der Waals surface area contributed by atoms with Crippen LogP contribution in [0.2, 0.25) is 0 Å². The van der Waals surface area contributed by atoms with E-state index in [2.05, 4.69) is 6.07 Å². The van der Waals surface area contributed by atoms with Gasteiger partial charge >= 0.3 is 5.63 Å². The highest BCUT2D eigenvalue weighted by atomic mass is 16.5. The Kier molecular flexibility index (Phi) is 4.51. The van der Waals surface area contributed by atoms with Gasteiger partial charge in [-0.05, 0) is 30.2 Å². The Balaban J connectivity index is 2.07. The minimum absolute atomic E-state index is 0.0951. The van der Waals surface area contributed by atoms with Crippen molar-refractivity contribution in [2.75, 3.05) is 14.2 Å². The Morgan fingerprint density at radius 1 is 1.17 bits per heavy atom. The number of fused-ring (bicyclic) bond motifs is 3. The van der Waals surface area contributed by atoms with E-state index in [1.165, 1.54) is 26.4 Å². The lowest BCUT2D eigenvalue weighted by molar-refractivity contribution is 0.354. The number of nitrogens with zero attached hydrogens (tertiary/aromatic N) is 1. The average molecular weight is 406 g/mol. The summed E-state index contributed by atoms with van der Waals surface area (Å²) in [6.07, 6.45) is 0. The molecule has 1 aliphatic heterocycles. The second kappa shape index (κ2) is 7.04. The van der Waals surface area contributed by atoms with Gasteiger partial charge in [0.2, 0.25) is 5.88 Å². The second-order valence-electron chi connectivity index (χ2n) is 6.80. The molecule has 2 heterocycles. The van der Waals surface area contributed by atoms with Crippen molar-refractivity contribution in [3.63, 3.8) is 0 Å². The number of nitrogens with two attached hydrogens (primary N) is 1. The predicted octanol–water partition coefficient (Wildman–Crippen LogP) is 3.04. The molecule has 8 heteroatoms. The first-order valence-electron chi connectivity index (χ1n) is 8.99. The number of aryl methyl sites for hydroxylation is 1. The second-order valence-corrected chi connectivity index (χ2v) is 6.80. The maximum absolute atomic E-state index is 11.8. The summed E-state index contributed by atoms with van der Waals surface area (Å²) in [7, 11) is 3.03. The molecular weight excluding hydrogens is 388 g/mol. The Morgan fingerprint density at radius 3 is 2.57 bits per heavy atom. The van der Waals surface area contributed by atoms with Crippen LogP contribution in [0.1, 0.15) is 22.6 Å². The maximum atomic E-state index is 11.8. The third-order valence-electron chi connectivity index (χ3n) is 5.12. The van der Waals surface area contributed by atoms with E-state index in [-0.39, 0.29) is 28.5 Å². The smallest absolute Gasteiger partial charge is 0.336 e. The van der Waals surface area contributed by atoms with Gasteiger partial charge in [0.1, 0.15) is 28.7 Å². The van der Waals surface area contributed by atoms with Crippen LogP contribution in [0.5, 0.6) is 23.0 Å². The van der Waals surface area contributed by atoms with Crippen molar-refractivity contribution in [1.82, 2.24) is 0 Å². The van der Waals surface area contributed by atoms with Crippen LogP contribution in [-0.2, 0) is 0 Å². The highest BCUT2D eigenvalue weighted by Gasteiger charge is 2.35. The molecule has 0 amide bonds. The molecule has 0 spiro atoms. The number of phenolic OH excluding ortho intramolecular Hbond substituents is 1. The number of benzene rings is 2. The van der Waals surface area contributed by atoms with Crippen molar-refractivity contribution in [3.8, 4) is 29.1 Å². The van der Waals surface area contributed by atoms with E-state index in [1.54, 1.807) is 25.1 Å². The molecule has 0 saturated carbocycles. The lowest BCUT2D eigenvalue weighted by atomic mass is 9.82. The topological polar surface area (TPSA) is 128 Å². The molecule has 0 saturated heterocycles. The highest BCUT2D eigenvalue weighted by molar-refractivity contribution is 5.91. The molecule has 30 heavy (non-hydrogen) atoms. The van der Waals surface area contributed by atoms with E-state index in [1.807, 2.05) is 0 Å². The molecule has 4 rings (SSSR count). The fraction of sp³-hybridized carbons (Fsp3) is 0.182. The third-order valence-corrected chi connectivity index (χ3v) is 5.12. The zero-order valence-electron chi connectivity index (χ0n) is 16.5. The van der Waals surface area contributed by atoms with Gasteiger partial charge in [0.05, 0.1) is 31.1 Å². The molecule has 1 aromatic heterocycles. The van der Waals surface area contributed by atoms with E-state index in [9.17, 15) is 15.2 Å². The van der Waals surface area contributed by atoms with Gasteiger partial charge in [-0.3, -0.25) is 0 Å². The van der Waals surface area contributed by atoms with Crippen molar-refractivity contribution in [2.45, 2.75) is 12.8 Å². The molecule has 8 nitrogen and oxygen atoms in total. The number of aromatic hydroxyl groups is 1. The lowest BCUT2D eigenvalue weighted by Crippen LogP contribution is -2.21. The van der Waals surface area contributed by atoms with Crippen molar-refractivity contribution in [1.29, 1.82) is 5.26 Å². The number of nitriles is 1. The normalized spacial score (nSPS) is 15.3. The third kappa shape index (κ3) is 2.79. The van der Waals surface area contributed by atoms with Crippen molar-refractivity contribution < 1.29 is 23.7 Å². The summed E-state index contributed by atoms with van der Waals surface area (Å²) in [6.45, 7) is 1.73. The molecule has 3 N–H and O–H groups in total. The van der Waals surface area contributed by atoms with Crippen LogP contribution in [-0.4, -0.2) is 19.3 Å². The minimum atomic E-state index is -0.728. The maximum Gasteiger partial charge on any atom is 0.336 e. The van der Waals surface area contributed by atoms with Gasteiger partial charge in [-0.25, -0.2) is 4.79 Å². The van der Waals surface area contributed by atoms with Crippen LogP contribution >= 0.6 is 0 Å². The molecule has 0 bridgehead atoms. The SMILES string of the molecule is COc1ccc(C2C(C#N)=C(N)Oc3c2c(O)cc2oc(=O)cc(C)c32)cc1OC. The van der Waals surface area contributed by atoms with Crippen molar-refractivity contribution in [3.05, 3.63) is 68.9 Å². The lowest BCUT2D eigenvalue weighted by Gasteiger charge is -2.28. The summed E-state index contributed by atoms with van der Waals surface area (Å²) in [4.78, 5) is 11.8. The van der Waals surface area contributed by atoms with Gasteiger partial charge in [0, 0.05) is 12.1 Å². The number of hydrogen-bond donors (Lipinski definition) is 2. The summed E-state index contributed by atoms with van der Waals surface area (Å²) in [5.41, 5.74) is 7.42. The van der Waals surface area contributed by atoms with Crippen LogP contribution in [0, 0.1) is 18.3 Å². The van der Waals surface area contributed by atoms with E-state index in [4.69, 9.17) is 24.4 Å². The zero-order chi connectivity index (χ0) is 21.6. The quantitative estimate of drug-likeness (QED) is 0.635. The van der Waals surface area contributed by atoms with E-state index in [0.717, 1.165) is 0 Å². The number of hydrogen-bond acceptors (Lipinski definition) is 8. The first kappa shape index (κ1) is 19.2. The van der Waals surface area contributed by atoms with Gasteiger partial charge in [-0.1, -0.05) is 6.07 Å². The molecule has 152 valence electrons. The zero-order valence-corrected chi connectivity index (χ0v) is 16.5. The molecule has 0 aliphatic carbocycles. The van der Waals surface area contributed by atoms with Crippen LogP contribution < -0.4 is 25.6 Å². The Hall–Kier alpha value is -4.12. The van der Waals surface area contributed by atoms with Gasteiger partial charge in [0.15, 0.2) is 11.5 Å². The van der Waals surface area contributed by atoms with Crippen LogP contribution in [0.25, 0.3) is 11.0 Å². The Morgan fingerprint density at radius 2 is 1.90 bits per heavy atom. The van der Waals surface area contributed by atoms with Crippen molar-refractivity contribution in [2.24, 2.45) is 5.73 Å². The number of allylic oxidation sites excluding steroid dienone is 1. The average Bonchev–Trinajstić information content (AvgIpc) is 2.71. The van der Waals surface area contributed by atoms with E-state index in [0.29, 0.717) is 33.6 Å². The first-order chi connectivity index (χ1) is 14.4. The summed E-state index contributed by atoms with van der Waals surface area (Å²) in [5, 5.41) is 21.1. The number of phenols is 1.